The molecule has 12 heteroatoms. The second-order valence-corrected chi connectivity index (χ2v) is 13.6. The molecule has 0 spiro atoms. The van der Waals surface area contributed by atoms with Crippen LogP contribution in [0.4, 0.5) is 21.1 Å². The third-order valence-corrected chi connectivity index (χ3v) is 10.6. The van der Waals surface area contributed by atoms with Crippen LogP contribution in [0.3, 0.4) is 0 Å². The molecule has 4 aliphatic rings. The predicted molar refractivity (Wildman–Crippen MR) is 184 cm³/mol. The van der Waals surface area contributed by atoms with Crippen LogP contribution in [-0.4, -0.2) is 93.4 Å². The summed E-state index contributed by atoms with van der Waals surface area (Å²) in [5.41, 5.74) is 0.781. The normalized spacial score (nSPS) is 19.4. The van der Waals surface area contributed by atoms with Crippen LogP contribution in [0.5, 0.6) is 0 Å². The number of rotatable bonds is 8. The molecule has 3 aromatic rings. The van der Waals surface area contributed by atoms with E-state index in [1.165, 1.54) is 48.2 Å². The molecule has 0 saturated carbocycles. The van der Waals surface area contributed by atoms with Gasteiger partial charge in [-0.25, -0.2) is 23.7 Å². The molecular weight excluding hydrogens is 611 g/mol. The van der Waals surface area contributed by atoms with Crippen molar-refractivity contribution in [3.63, 3.8) is 0 Å². The molecule has 0 atom stereocenters. The van der Waals surface area contributed by atoms with Gasteiger partial charge in [-0.1, -0.05) is 30.7 Å². The molecular formula is C36H47FN8O3. The zero-order valence-corrected chi connectivity index (χ0v) is 28.0. The Kier molecular flexibility index (Phi) is 9.78. The lowest BCUT2D eigenvalue weighted by Gasteiger charge is -2.40. The van der Waals surface area contributed by atoms with Crippen molar-refractivity contribution < 1.29 is 13.9 Å². The van der Waals surface area contributed by atoms with Crippen molar-refractivity contribution >= 4 is 30.1 Å². The van der Waals surface area contributed by atoms with Gasteiger partial charge < -0.3 is 28.9 Å². The van der Waals surface area contributed by atoms with Gasteiger partial charge in [0.15, 0.2) is 6.73 Å². The van der Waals surface area contributed by atoms with Gasteiger partial charge in [-0.2, -0.15) is 0 Å². The Hall–Kier alpha value is -4.19. The summed E-state index contributed by atoms with van der Waals surface area (Å²) in [6, 6.07) is 8.77. The van der Waals surface area contributed by atoms with E-state index in [1.807, 2.05) is 24.1 Å². The lowest BCUT2D eigenvalue weighted by atomic mass is 10.0. The fraction of sp³-hybridized carbons (Fsp3) is 0.556. The van der Waals surface area contributed by atoms with Crippen LogP contribution in [-0.2, 0) is 18.0 Å². The number of amides is 1. The minimum atomic E-state index is -0.377. The van der Waals surface area contributed by atoms with Gasteiger partial charge in [-0.3, -0.25) is 4.79 Å². The quantitative estimate of drug-likeness (QED) is 0.365. The molecule has 1 aromatic carbocycles. The summed E-state index contributed by atoms with van der Waals surface area (Å²) in [5, 5.41) is 2.13. The van der Waals surface area contributed by atoms with Gasteiger partial charge in [-0.05, 0) is 82.2 Å². The predicted octanol–water partition coefficient (Wildman–Crippen LogP) is 3.13. The van der Waals surface area contributed by atoms with Gasteiger partial charge in [-0.15, -0.1) is 0 Å². The highest BCUT2D eigenvalue weighted by Gasteiger charge is 2.30. The smallest absolute Gasteiger partial charge is 0.411 e. The molecule has 5 heterocycles. The van der Waals surface area contributed by atoms with Crippen LogP contribution in [0.1, 0.15) is 63.4 Å². The summed E-state index contributed by atoms with van der Waals surface area (Å²) < 4.78 is 23.0. The molecule has 0 unspecified atom stereocenters. The van der Waals surface area contributed by atoms with Gasteiger partial charge in [0.25, 0.3) is 5.56 Å². The summed E-state index contributed by atoms with van der Waals surface area (Å²) in [6.07, 6.45) is 15.0. The van der Waals surface area contributed by atoms with Crippen LogP contribution in [0.25, 0.3) is 12.2 Å². The number of halogens is 1. The van der Waals surface area contributed by atoms with Crippen molar-refractivity contribution in [2.75, 3.05) is 56.1 Å². The molecule has 2 aromatic heterocycles. The molecule has 48 heavy (non-hydrogen) atoms. The number of aromatic nitrogens is 4. The fourth-order valence-electron chi connectivity index (χ4n) is 7.80. The number of carbonyl (C=O) groups excluding carboxylic acids is 1. The van der Waals surface area contributed by atoms with Gasteiger partial charge in [0.2, 0.25) is 11.9 Å². The SMILES string of the molecule is CN(c1nccc(=O)n1COC(=O)N1CCC(N2CCCCC2)CC1)C1CCN(c2nc3c(n2Cc2ccc(F)cc2)=CCCC=3)CC1. The zero-order valence-electron chi connectivity index (χ0n) is 28.0. The van der Waals surface area contributed by atoms with Crippen LogP contribution in [0.15, 0.2) is 41.3 Å². The molecule has 0 bridgehead atoms. The molecule has 1 amide bonds. The van der Waals surface area contributed by atoms with Gasteiger partial charge in [0.05, 0.1) is 17.2 Å². The Labute approximate surface area is 280 Å². The first-order valence-corrected chi connectivity index (χ1v) is 17.7. The number of likely N-dealkylation sites (tertiary alicyclic amines) is 2. The maximum Gasteiger partial charge on any atom is 0.411 e. The summed E-state index contributed by atoms with van der Waals surface area (Å²) in [4.78, 5) is 44.4. The summed E-state index contributed by atoms with van der Waals surface area (Å²) in [5.74, 6) is 1.19. The highest BCUT2D eigenvalue weighted by molar-refractivity contribution is 5.67. The van der Waals surface area contributed by atoms with Crippen molar-refractivity contribution in [1.29, 1.82) is 0 Å². The molecule has 1 aliphatic carbocycles. The highest BCUT2D eigenvalue weighted by Crippen LogP contribution is 2.24. The molecule has 0 radical (unpaired) electrons. The molecule has 11 nitrogen and oxygen atoms in total. The Balaban J connectivity index is 0.985. The van der Waals surface area contributed by atoms with E-state index in [1.54, 1.807) is 4.90 Å². The number of fused-ring (bicyclic) bond motifs is 1. The largest absolute Gasteiger partial charge is 0.427 e. The number of hydrogen-bond donors (Lipinski definition) is 0. The van der Waals surface area contributed by atoms with E-state index in [2.05, 4.69) is 31.5 Å². The lowest BCUT2D eigenvalue weighted by molar-refractivity contribution is 0.0500. The lowest BCUT2D eigenvalue weighted by Crippen LogP contribution is -2.48. The van der Waals surface area contributed by atoms with E-state index >= 15 is 0 Å². The molecule has 3 aliphatic heterocycles. The second kappa shape index (κ2) is 14.5. The van der Waals surface area contributed by atoms with Crippen LogP contribution >= 0.6 is 0 Å². The number of benzene rings is 1. The maximum absolute atomic E-state index is 13.6. The summed E-state index contributed by atoms with van der Waals surface area (Å²) in [7, 11) is 1.96. The number of hydrogen-bond acceptors (Lipinski definition) is 8. The molecule has 256 valence electrons. The minimum absolute atomic E-state index is 0.138. The first kappa shape index (κ1) is 32.4. The van der Waals surface area contributed by atoms with Crippen molar-refractivity contribution in [1.82, 2.24) is 28.9 Å². The highest BCUT2D eigenvalue weighted by atomic mass is 19.1. The average molecular weight is 659 g/mol. The molecule has 0 N–H and O–H groups in total. The van der Waals surface area contributed by atoms with E-state index in [4.69, 9.17) is 9.72 Å². The first-order chi connectivity index (χ1) is 23.4. The number of piperidine rings is 3. The van der Waals surface area contributed by atoms with Gasteiger partial charge in [0, 0.05) is 57.6 Å². The topological polar surface area (TPSA) is 92.0 Å². The second-order valence-electron chi connectivity index (χ2n) is 13.6. The number of nitrogens with zero attached hydrogens (tertiary/aromatic N) is 8. The standard InChI is InChI=1S/C36H47FN8O3/c1-40(34-38-18-13-33(46)45(34)26-48-36(47)43-23-16-30(17-24-43)41-19-5-2-6-20-41)29-14-21-42(22-15-29)35-39-31-7-3-4-8-32(31)44(35)25-27-9-11-28(37)12-10-27/h7-13,18,29-30H,2-6,14-17,19-26H2,1H3. The van der Waals surface area contributed by atoms with Crippen molar-refractivity contribution in [2.24, 2.45) is 0 Å². The molecule has 7 rings (SSSR count). The van der Waals surface area contributed by atoms with Crippen LogP contribution < -0.4 is 26.1 Å². The van der Waals surface area contributed by atoms with Gasteiger partial charge >= 0.3 is 6.09 Å². The van der Waals surface area contributed by atoms with E-state index < -0.39 is 0 Å². The number of ether oxygens (including phenoxy) is 1. The molecule has 3 saturated heterocycles. The van der Waals surface area contributed by atoms with Crippen LogP contribution in [0.2, 0.25) is 0 Å². The third kappa shape index (κ3) is 6.99. The van der Waals surface area contributed by atoms with Crippen molar-refractivity contribution in [2.45, 2.75) is 83.1 Å². The Bertz CT molecular complexity index is 1750. The van der Waals surface area contributed by atoms with Gasteiger partial charge in [0.1, 0.15) is 5.82 Å². The Morgan fingerprint density at radius 3 is 2.40 bits per heavy atom. The van der Waals surface area contributed by atoms with Crippen molar-refractivity contribution in [3.05, 3.63) is 69.0 Å². The van der Waals surface area contributed by atoms with E-state index in [9.17, 15) is 14.0 Å². The minimum Gasteiger partial charge on any atom is -0.427 e. The Morgan fingerprint density at radius 2 is 1.65 bits per heavy atom. The van der Waals surface area contributed by atoms with E-state index in [0.717, 1.165) is 86.9 Å². The Morgan fingerprint density at radius 1 is 0.917 bits per heavy atom. The average Bonchev–Trinajstić information content (AvgIpc) is 3.50. The first-order valence-electron chi connectivity index (χ1n) is 17.7. The number of carbonyl (C=O) groups is 1. The number of anilines is 2. The molecule has 3 fully saturated rings. The number of imidazole rings is 1. The zero-order chi connectivity index (χ0) is 33.0. The van der Waals surface area contributed by atoms with E-state index in [0.29, 0.717) is 31.6 Å². The monoisotopic (exact) mass is 658 g/mol. The van der Waals surface area contributed by atoms with Crippen molar-refractivity contribution in [3.8, 4) is 0 Å². The van der Waals surface area contributed by atoms with Crippen LogP contribution in [0, 0.1) is 5.82 Å². The summed E-state index contributed by atoms with van der Waals surface area (Å²) >= 11 is 0. The van der Waals surface area contributed by atoms with E-state index in [-0.39, 0.29) is 30.2 Å². The fourth-order valence-corrected chi connectivity index (χ4v) is 7.80. The summed E-state index contributed by atoms with van der Waals surface area (Å²) in [6.45, 7) is 5.70. The third-order valence-electron chi connectivity index (χ3n) is 10.6. The maximum atomic E-state index is 13.6.